The Morgan fingerprint density at radius 2 is 1.68 bits per heavy atom. The van der Waals surface area contributed by atoms with Crippen LogP contribution >= 0.6 is 0 Å². The number of nitrogen functional groups attached to an aromatic ring is 1. The normalized spacial score (nSPS) is 17.8. The van der Waals surface area contributed by atoms with Crippen LogP contribution in [0.4, 0.5) is 5.69 Å². The lowest BCUT2D eigenvalue weighted by Crippen LogP contribution is -2.28. The van der Waals surface area contributed by atoms with Crippen molar-refractivity contribution in [3.63, 3.8) is 0 Å². The van der Waals surface area contributed by atoms with Crippen molar-refractivity contribution in [1.29, 1.82) is 0 Å². The van der Waals surface area contributed by atoms with Crippen molar-refractivity contribution in [2.24, 2.45) is 0 Å². The number of anilines is 1. The van der Waals surface area contributed by atoms with Crippen LogP contribution in [0.5, 0.6) is 0 Å². The average Bonchev–Trinajstić information content (AvgIpc) is 2.80. The summed E-state index contributed by atoms with van der Waals surface area (Å²) in [5.41, 5.74) is 7.20. The van der Waals surface area contributed by atoms with Crippen molar-refractivity contribution < 1.29 is 8.42 Å². The first-order valence-corrected chi connectivity index (χ1v) is 8.06. The van der Waals surface area contributed by atoms with Crippen LogP contribution in [0.2, 0.25) is 0 Å². The van der Waals surface area contributed by atoms with E-state index in [0.29, 0.717) is 23.7 Å². The Hall–Kier alpha value is -1.07. The predicted octanol–water partition coefficient (Wildman–Crippen LogP) is 2.35. The molecule has 1 aliphatic rings. The van der Waals surface area contributed by atoms with E-state index in [0.717, 1.165) is 18.4 Å². The predicted molar refractivity (Wildman–Crippen MR) is 77.5 cm³/mol. The lowest BCUT2D eigenvalue weighted by Gasteiger charge is -2.22. The molecule has 1 aliphatic heterocycles. The van der Waals surface area contributed by atoms with Crippen LogP contribution in [0.3, 0.4) is 0 Å². The lowest BCUT2D eigenvalue weighted by atomic mass is 9.87. The summed E-state index contributed by atoms with van der Waals surface area (Å²) in [6.45, 7) is 7.38. The second-order valence-electron chi connectivity index (χ2n) is 6.15. The highest BCUT2D eigenvalue weighted by molar-refractivity contribution is 7.89. The van der Waals surface area contributed by atoms with Gasteiger partial charge in [0, 0.05) is 18.8 Å². The van der Waals surface area contributed by atoms with Crippen LogP contribution < -0.4 is 5.73 Å². The molecule has 0 atom stereocenters. The minimum absolute atomic E-state index is 0.120. The third-order valence-corrected chi connectivity index (χ3v) is 5.37. The Balaban J connectivity index is 2.48. The van der Waals surface area contributed by atoms with Gasteiger partial charge in [-0.05, 0) is 42.0 Å². The van der Waals surface area contributed by atoms with Crippen molar-refractivity contribution in [3.8, 4) is 0 Å². The molecule has 2 rings (SSSR count). The van der Waals surface area contributed by atoms with Gasteiger partial charge in [-0.15, -0.1) is 0 Å². The van der Waals surface area contributed by atoms with E-state index in [1.54, 1.807) is 16.4 Å². The lowest BCUT2D eigenvalue weighted by molar-refractivity contribution is 0.477. The van der Waals surface area contributed by atoms with Crippen molar-refractivity contribution >= 4 is 15.7 Å². The van der Waals surface area contributed by atoms with E-state index in [1.165, 1.54) is 0 Å². The Morgan fingerprint density at radius 3 is 2.21 bits per heavy atom. The van der Waals surface area contributed by atoms with E-state index in [2.05, 4.69) is 0 Å². The number of benzene rings is 1. The number of nitrogens with two attached hydrogens (primary N) is 1. The molecule has 0 radical (unpaired) electrons. The van der Waals surface area contributed by atoms with Crippen LogP contribution in [0.25, 0.3) is 0 Å². The maximum atomic E-state index is 12.5. The fourth-order valence-electron chi connectivity index (χ4n) is 2.28. The second-order valence-corrected chi connectivity index (χ2v) is 8.09. The van der Waals surface area contributed by atoms with Gasteiger partial charge < -0.3 is 5.73 Å². The summed E-state index contributed by atoms with van der Waals surface area (Å²) in [6.07, 6.45) is 1.88. The maximum absolute atomic E-state index is 12.5. The SMILES string of the molecule is CC(C)(C)c1cc(N)cc(S(=O)(=O)N2CCCC2)c1. The van der Waals surface area contributed by atoms with E-state index in [-0.39, 0.29) is 5.41 Å². The molecule has 1 aromatic carbocycles. The van der Waals surface area contributed by atoms with Crippen LogP contribution in [0, 0.1) is 0 Å². The molecular weight excluding hydrogens is 260 g/mol. The molecule has 0 aromatic heterocycles. The molecule has 1 fully saturated rings. The van der Waals surface area contributed by atoms with Gasteiger partial charge in [0.15, 0.2) is 0 Å². The zero-order valence-corrected chi connectivity index (χ0v) is 12.6. The molecule has 1 aromatic rings. The van der Waals surface area contributed by atoms with Gasteiger partial charge >= 0.3 is 0 Å². The summed E-state index contributed by atoms with van der Waals surface area (Å²) in [6, 6.07) is 5.16. The second kappa shape index (κ2) is 4.80. The largest absolute Gasteiger partial charge is 0.399 e. The van der Waals surface area contributed by atoms with E-state index in [1.807, 2.05) is 26.8 Å². The summed E-state index contributed by atoms with van der Waals surface area (Å²) in [7, 11) is -3.39. The zero-order valence-electron chi connectivity index (χ0n) is 11.8. The van der Waals surface area contributed by atoms with Crippen LogP contribution in [0.1, 0.15) is 39.2 Å². The van der Waals surface area contributed by atoms with E-state index < -0.39 is 10.0 Å². The highest BCUT2D eigenvalue weighted by Crippen LogP contribution is 2.29. The molecule has 2 N–H and O–H groups in total. The minimum Gasteiger partial charge on any atom is -0.399 e. The molecule has 4 nitrogen and oxygen atoms in total. The quantitative estimate of drug-likeness (QED) is 0.847. The zero-order chi connectivity index (χ0) is 14.3. The molecule has 0 spiro atoms. The fourth-order valence-corrected chi connectivity index (χ4v) is 3.88. The molecule has 1 saturated heterocycles. The molecule has 0 aliphatic carbocycles. The summed E-state index contributed by atoms with van der Waals surface area (Å²) in [4.78, 5) is 0.319. The van der Waals surface area contributed by atoms with Gasteiger partial charge in [0.2, 0.25) is 10.0 Å². The summed E-state index contributed by atoms with van der Waals surface area (Å²) in [5.74, 6) is 0. The average molecular weight is 282 g/mol. The molecular formula is C14H22N2O2S. The number of nitrogens with zero attached hydrogens (tertiary/aromatic N) is 1. The summed E-state index contributed by atoms with van der Waals surface area (Å²) < 4.78 is 26.6. The minimum atomic E-state index is -3.39. The molecule has 19 heavy (non-hydrogen) atoms. The van der Waals surface area contributed by atoms with Gasteiger partial charge in [0.25, 0.3) is 0 Å². The van der Waals surface area contributed by atoms with Gasteiger partial charge in [-0.1, -0.05) is 20.8 Å². The maximum Gasteiger partial charge on any atom is 0.243 e. The third-order valence-electron chi connectivity index (χ3n) is 3.50. The molecule has 0 amide bonds. The van der Waals surface area contributed by atoms with Gasteiger partial charge in [-0.3, -0.25) is 0 Å². The number of hydrogen-bond acceptors (Lipinski definition) is 3. The van der Waals surface area contributed by atoms with Crippen molar-refractivity contribution in [2.45, 2.75) is 43.9 Å². The smallest absolute Gasteiger partial charge is 0.243 e. The van der Waals surface area contributed by atoms with Gasteiger partial charge in [-0.25, -0.2) is 8.42 Å². The summed E-state index contributed by atoms with van der Waals surface area (Å²) in [5, 5.41) is 0. The fraction of sp³-hybridized carbons (Fsp3) is 0.571. The van der Waals surface area contributed by atoms with Crippen molar-refractivity contribution in [1.82, 2.24) is 4.31 Å². The van der Waals surface area contributed by atoms with Gasteiger partial charge in [-0.2, -0.15) is 4.31 Å². The van der Waals surface area contributed by atoms with Gasteiger partial charge in [0.05, 0.1) is 4.90 Å². The first kappa shape index (κ1) is 14.3. The van der Waals surface area contributed by atoms with E-state index in [9.17, 15) is 8.42 Å². The number of rotatable bonds is 2. The Bertz CT molecular complexity index is 568. The topological polar surface area (TPSA) is 63.4 Å². The Labute approximate surface area is 115 Å². The number of hydrogen-bond donors (Lipinski definition) is 1. The molecule has 106 valence electrons. The summed E-state index contributed by atoms with van der Waals surface area (Å²) >= 11 is 0. The number of sulfonamides is 1. The highest BCUT2D eigenvalue weighted by Gasteiger charge is 2.28. The Kier molecular flexibility index (Phi) is 3.62. The van der Waals surface area contributed by atoms with Crippen molar-refractivity contribution in [3.05, 3.63) is 23.8 Å². The molecule has 0 saturated carbocycles. The Morgan fingerprint density at radius 1 is 1.11 bits per heavy atom. The monoisotopic (exact) mass is 282 g/mol. The van der Waals surface area contributed by atoms with Crippen LogP contribution in [-0.2, 0) is 15.4 Å². The van der Waals surface area contributed by atoms with Gasteiger partial charge in [0.1, 0.15) is 0 Å². The van der Waals surface area contributed by atoms with E-state index >= 15 is 0 Å². The molecule has 0 bridgehead atoms. The highest BCUT2D eigenvalue weighted by atomic mass is 32.2. The molecule has 5 heteroatoms. The standard InChI is InChI=1S/C14H22N2O2S/c1-14(2,3)11-8-12(15)10-13(9-11)19(17,18)16-6-4-5-7-16/h8-10H,4-7,15H2,1-3H3. The van der Waals surface area contributed by atoms with Crippen molar-refractivity contribution in [2.75, 3.05) is 18.8 Å². The molecule has 1 heterocycles. The van der Waals surface area contributed by atoms with E-state index in [4.69, 9.17) is 5.73 Å². The van der Waals surface area contributed by atoms with Crippen LogP contribution in [-0.4, -0.2) is 25.8 Å². The first-order chi connectivity index (χ1) is 8.71. The molecule has 0 unspecified atom stereocenters. The first-order valence-electron chi connectivity index (χ1n) is 6.62. The van der Waals surface area contributed by atoms with Crippen LogP contribution in [0.15, 0.2) is 23.1 Å². The third kappa shape index (κ3) is 2.92.